The quantitative estimate of drug-likeness (QED) is 0.918. The average Bonchev–Trinajstić information content (AvgIpc) is 3.07. The second-order valence-corrected chi connectivity index (χ2v) is 5.79. The van der Waals surface area contributed by atoms with Crippen LogP contribution in [-0.2, 0) is 7.05 Å². The lowest BCUT2D eigenvalue weighted by Gasteiger charge is -2.24. The molecular weight excluding hydrogens is 260 g/mol. The molecule has 2 aliphatic rings. The molecule has 1 aromatic rings. The number of nitrogens with zero attached hydrogens (tertiary/aromatic N) is 3. The zero-order valence-electron chi connectivity index (χ0n) is 11.7. The van der Waals surface area contributed by atoms with Crippen molar-refractivity contribution >= 4 is 12.4 Å². The Hall–Kier alpha value is -0.580. The van der Waals surface area contributed by atoms with E-state index >= 15 is 0 Å². The van der Waals surface area contributed by atoms with E-state index in [1.165, 1.54) is 57.4 Å². The second kappa shape index (κ2) is 6.73. The summed E-state index contributed by atoms with van der Waals surface area (Å²) in [7, 11) is 2.01. The number of aryl methyl sites for hydroxylation is 1. The zero-order valence-corrected chi connectivity index (χ0v) is 12.5. The van der Waals surface area contributed by atoms with E-state index in [1.54, 1.807) is 0 Å². The lowest BCUT2D eigenvalue weighted by molar-refractivity contribution is 0.239. The van der Waals surface area contributed by atoms with Crippen LogP contribution in [0.25, 0.3) is 0 Å². The lowest BCUT2D eigenvalue weighted by atomic mass is 10.0. The monoisotopic (exact) mass is 284 g/mol. The van der Waals surface area contributed by atoms with Gasteiger partial charge in [0.25, 0.3) is 0 Å². The molecule has 4 nitrogen and oxygen atoms in total. The van der Waals surface area contributed by atoms with E-state index in [2.05, 4.69) is 21.5 Å². The molecular formula is C14H25ClN4. The molecule has 0 amide bonds. The van der Waals surface area contributed by atoms with E-state index in [9.17, 15) is 0 Å². The minimum Gasteiger partial charge on any atom is -0.316 e. The Bertz CT molecular complexity index is 387. The maximum absolute atomic E-state index is 4.31. The summed E-state index contributed by atoms with van der Waals surface area (Å²) < 4.78 is 1.92. The molecule has 0 spiro atoms. The van der Waals surface area contributed by atoms with Crippen molar-refractivity contribution in [2.45, 2.75) is 31.7 Å². The van der Waals surface area contributed by atoms with Gasteiger partial charge in [-0.3, -0.25) is 9.58 Å². The van der Waals surface area contributed by atoms with Gasteiger partial charge < -0.3 is 5.32 Å². The van der Waals surface area contributed by atoms with Crippen molar-refractivity contribution in [1.29, 1.82) is 0 Å². The largest absolute Gasteiger partial charge is 0.316 e. The highest BCUT2D eigenvalue weighted by molar-refractivity contribution is 5.85. The highest BCUT2D eigenvalue weighted by Gasteiger charge is 2.27. The van der Waals surface area contributed by atoms with Crippen LogP contribution < -0.4 is 5.32 Å². The van der Waals surface area contributed by atoms with Crippen molar-refractivity contribution in [3.63, 3.8) is 0 Å². The molecule has 0 saturated carbocycles. The predicted octanol–water partition coefficient (Wildman–Crippen LogP) is 1.98. The number of hydrogen-bond donors (Lipinski definition) is 1. The zero-order chi connectivity index (χ0) is 12.4. The van der Waals surface area contributed by atoms with E-state index in [0.717, 1.165) is 5.92 Å². The summed E-state index contributed by atoms with van der Waals surface area (Å²) in [5.74, 6) is 0.903. The normalized spacial score (nSPS) is 27.6. The highest BCUT2D eigenvalue weighted by Crippen LogP contribution is 2.32. The fraction of sp³-hybridized carbons (Fsp3) is 0.786. The van der Waals surface area contributed by atoms with Crippen LogP contribution in [0.3, 0.4) is 0 Å². The molecule has 5 heteroatoms. The molecule has 108 valence electrons. The SMILES string of the molecule is Cl.Cn1cc(C2CCCN2CCC2CCNC2)cn1. The van der Waals surface area contributed by atoms with Gasteiger partial charge in [-0.15, -0.1) is 12.4 Å². The van der Waals surface area contributed by atoms with Gasteiger partial charge in [0, 0.05) is 24.8 Å². The van der Waals surface area contributed by atoms with Crippen molar-refractivity contribution in [2.24, 2.45) is 13.0 Å². The number of hydrogen-bond acceptors (Lipinski definition) is 3. The Morgan fingerprint density at radius 1 is 1.42 bits per heavy atom. The van der Waals surface area contributed by atoms with Crippen LogP contribution in [0.2, 0.25) is 0 Å². The maximum Gasteiger partial charge on any atom is 0.0537 e. The van der Waals surface area contributed by atoms with Gasteiger partial charge in [0.15, 0.2) is 0 Å². The third kappa shape index (κ3) is 3.50. The maximum atomic E-state index is 4.31. The lowest BCUT2D eigenvalue weighted by Crippen LogP contribution is -2.26. The van der Waals surface area contributed by atoms with Crippen molar-refractivity contribution in [3.05, 3.63) is 18.0 Å². The van der Waals surface area contributed by atoms with Crippen LogP contribution in [0.4, 0.5) is 0 Å². The minimum absolute atomic E-state index is 0. The van der Waals surface area contributed by atoms with E-state index < -0.39 is 0 Å². The fourth-order valence-corrected chi connectivity index (χ4v) is 3.39. The summed E-state index contributed by atoms with van der Waals surface area (Å²) in [6.07, 6.45) is 9.58. The Morgan fingerprint density at radius 2 is 2.32 bits per heavy atom. The smallest absolute Gasteiger partial charge is 0.0537 e. The molecule has 0 aromatic carbocycles. The first-order valence-corrected chi connectivity index (χ1v) is 7.26. The molecule has 2 saturated heterocycles. The Kier molecular flexibility index (Phi) is 5.25. The first-order valence-electron chi connectivity index (χ1n) is 7.26. The van der Waals surface area contributed by atoms with E-state index in [-0.39, 0.29) is 12.4 Å². The third-order valence-electron chi connectivity index (χ3n) is 4.46. The van der Waals surface area contributed by atoms with E-state index in [0.29, 0.717) is 6.04 Å². The molecule has 3 rings (SSSR count). The van der Waals surface area contributed by atoms with E-state index in [1.807, 2.05) is 17.9 Å². The van der Waals surface area contributed by atoms with Gasteiger partial charge in [0.05, 0.1) is 6.20 Å². The van der Waals surface area contributed by atoms with Gasteiger partial charge in [-0.25, -0.2) is 0 Å². The Balaban J connectivity index is 0.00000133. The molecule has 1 N–H and O–H groups in total. The highest BCUT2D eigenvalue weighted by atomic mass is 35.5. The summed E-state index contributed by atoms with van der Waals surface area (Å²) in [6, 6.07) is 0.619. The number of likely N-dealkylation sites (tertiary alicyclic amines) is 1. The first kappa shape index (κ1) is 14.8. The summed E-state index contributed by atoms with van der Waals surface area (Å²) in [5, 5.41) is 7.78. The summed E-state index contributed by atoms with van der Waals surface area (Å²) >= 11 is 0. The number of aromatic nitrogens is 2. The summed E-state index contributed by atoms with van der Waals surface area (Å²) in [5.41, 5.74) is 1.40. The first-order chi connectivity index (χ1) is 8.83. The van der Waals surface area contributed by atoms with Crippen LogP contribution in [0.5, 0.6) is 0 Å². The second-order valence-electron chi connectivity index (χ2n) is 5.79. The van der Waals surface area contributed by atoms with Crippen LogP contribution in [-0.4, -0.2) is 40.9 Å². The van der Waals surface area contributed by atoms with Gasteiger partial charge in [-0.1, -0.05) is 0 Å². The van der Waals surface area contributed by atoms with Gasteiger partial charge in [0.2, 0.25) is 0 Å². The van der Waals surface area contributed by atoms with Crippen molar-refractivity contribution in [2.75, 3.05) is 26.2 Å². The van der Waals surface area contributed by atoms with Crippen molar-refractivity contribution in [1.82, 2.24) is 20.0 Å². The van der Waals surface area contributed by atoms with Gasteiger partial charge >= 0.3 is 0 Å². The molecule has 3 heterocycles. The molecule has 19 heavy (non-hydrogen) atoms. The fourth-order valence-electron chi connectivity index (χ4n) is 3.39. The van der Waals surface area contributed by atoms with Crippen LogP contribution in [0, 0.1) is 5.92 Å². The van der Waals surface area contributed by atoms with Crippen LogP contribution in [0.1, 0.15) is 37.3 Å². The van der Waals surface area contributed by atoms with Gasteiger partial charge in [-0.05, 0) is 57.8 Å². The molecule has 0 bridgehead atoms. The number of rotatable bonds is 4. The van der Waals surface area contributed by atoms with Gasteiger partial charge in [-0.2, -0.15) is 5.10 Å². The third-order valence-corrected chi connectivity index (χ3v) is 4.46. The predicted molar refractivity (Wildman–Crippen MR) is 79.6 cm³/mol. The minimum atomic E-state index is 0. The number of halogens is 1. The molecule has 2 fully saturated rings. The molecule has 2 aliphatic heterocycles. The Morgan fingerprint density at radius 3 is 3.00 bits per heavy atom. The molecule has 2 unspecified atom stereocenters. The topological polar surface area (TPSA) is 33.1 Å². The molecule has 1 aromatic heterocycles. The standard InChI is InChI=1S/C14H24N4.ClH/c1-17-11-13(10-16-17)14-3-2-7-18(14)8-5-12-4-6-15-9-12;/h10-12,14-15H,2-9H2,1H3;1H. The number of nitrogens with one attached hydrogen (secondary N) is 1. The van der Waals surface area contributed by atoms with Crippen LogP contribution in [0.15, 0.2) is 12.4 Å². The van der Waals surface area contributed by atoms with Crippen molar-refractivity contribution in [3.8, 4) is 0 Å². The Labute approximate surface area is 122 Å². The molecule has 0 aliphatic carbocycles. The average molecular weight is 285 g/mol. The van der Waals surface area contributed by atoms with E-state index in [4.69, 9.17) is 0 Å². The summed E-state index contributed by atoms with van der Waals surface area (Å²) in [6.45, 7) is 4.97. The van der Waals surface area contributed by atoms with Gasteiger partial charge in [0.1, 0.15) is 0 Å². The summed E-state index contributed by atoms with van der Waals surface area (Å²) in [4.78, 5) is 2.66. The van der Waals surface area contributed by atoms with Crippen molar-refractivity contribution < 1.29 is 0 Å². The molecule has 2 atom stereocenters. The van der Waals surface area contributed by atoms with Crippen LogP contribution >= 0.6 is 12.4 Å². The molecule has 0 radical (unpaired) electrons.